The van der Waals surface area contributed by atoms with Crippen LogP contribution in [0.25, 0.3) is 0 Å². The van der Waals surface area contributed by atoms with Gasteiger partial charge in [0.2, 0.25) is 5.91 Å². The van der Waals surface area contributed by atoms with Crippen LogP contribution in [0.3, 0.4) is 0 Å². The fraction of sp³-hybridized carbons (Fsp3) is 0.333. The Morgan fingerprint density at radius 1 is 1.56 bits per heavy atom. The Morgan fingerprint density at radius 3 is 2.88 bits per heavy atom. The predicted octanol–water partition coefficient (Wildman–Crippen LogP) is 1.09. The van der Waals surface area contributed by atoms with Crippen molar-refractivity contribution in [3.05, 3.63) is 35.4 Å². The molecule has 1 aromatic carbocycles. The van der Waals surface area contributed by atoms with Crippen molar-refractivity contribution in [3.8, 4) is 0 Å². The molecule has 1 aliphatic rings. The monoisotopic (exact) mass is 217 g/mol. The maximum Gasteiger partial charge on any atom is 0.219 e. The lowest BCUT2D eigenvalue weighted by molar-refractivity contribution is -0.118. The molecule has 1 aliphatic heterocycles. The van der Waals surface area contributed by atoms with Crippen LogP contribution < -0.4 is 5.73 Å². The third kappa shape index (κ3) is 1.78. The summed E-state index contributed by atoms with van der Waals surface area (Å²) < 4.78 is 0. The number of benzene rings is 1. The predicted molar refractivity (Wildman–Crippen MR) is 62.1 cm³/mol. The number of rotatable bonds is 3. The first-order chi connectivity index (χ1) is 7.59. The van der Waals surface area contributed by atoms with Crippen LogP contribution in [0, 0.1) is 5.41 Å². The van der Waals surface area contributed by atoms with E-state index in [2.05, 4.69) is 0 Å². The summed E-state index contributed by atoms with van der Waals surface area (Å²) in [7, 11) is 0. The summed E-state index contributed by atoms with van der Waals surface area (Å²) in [6.07, 6.45) is 0.288. The van der Waals surface area contributed by atoms with Gasteiger partial charge in [0.15, 0.2) is 0 Å². The summed E-state index contributed by atoms with van der Waals surface area (Å²) in [6.45, 7) is 2.62. The topological polar surface area (TPSA) is 70.2 Å². The number of nitrogens with two attached hydrogens (primary N) is 1. The molecular weight excluding hydrogens is 202 g/mol. The molecule has 0 saturated carbocycles. The van der Waals surface area contributed by atoms with Gasteiger partial charge in [-0.2, -0.15) is 0 Å². The molecule has 16 heavy (non-hydrogen) atoms. The van der Waals surface area contributed by atoms with Gasteiger partial charge in [0.05, 0.1) is 0 Å². The van der Waals surface area contributed by atoms with Gasteiger partial charge in [-0.05, 0) is 12.5 Å². The quantitative estimate of drug-likeness (QED) is 0.795. The zero-order valence-electron chi connectivity index (χ0n) is 9.23. The van der Waals surface area contributed by atoms with Crippen LogP contribution >= 0.6 is 0 Å². The van der Waals surface area contributed by atoms with E-state index in [9.17, 15) is 4.79 Å². The second-order valence-corrected chi connectivity index (χ2v) is 4.15. The molecule has 84 valence electrons. The van der Waals surface area contributed by atoms with E-state index in [0.717, 1.165) is 11.1 Å². The Balaban J connectivity index is 2.18. The largest absolute Gasteiger partial charge is 0.370 e. The molecule has 1 aromatic rings. The van der Waals surface area contributed by atoms with Crippen LogP contribution in [0.4, 0.5) is 0 Å². The van der Waals surface area contributed by atoms with E-state index in [4.69, 9.17) is 11.1 Å². The van der Waals surface area contributed by atoms with E-state index in [1.807, 2.05) is 36.1 Å². The van der Waals surface area contributed by atoms with Crippen molar-refractivity contribution in [1.82, 2.24) is 4.90 Å². The normalized spacial score (nSPS) is 16.1. The second kappa shape index (κ2) is 3.96. The Morgan fingerprint density at radius 2 is 2.25 bits per heavy atom. The van der Waals surface area contributed by atoms with Crippen molar-refractivity contribution in [1.29, 1.82) is 5.41 Å². The minimum absolute atomic E-state index is 0.0163. The number of primary amides is 1. The van der Waals surface area contributed by atoms with Gasteiger partial charge in [0.1, 0.15) is 5.84 Å². The van der Waals surface area contributed by atoms with E-state index < -0.39 is 0 Å². The van der Waals surface area contributed by atoms with Crippen LogP contribution in [0.5, 0.6) is 0 Å². The average Bonchev–Trinajstić information content (AvgIpc) is 2.56. The lowest BCUT2D eigenvalue weighted by atomic mass is 10.1. The molecule has 2 rings (SSSR count). The van der Waals surface area contributed by atoms with E-state index in [-0.39, 0.29) is 18.4 Å². The number of carbonyl (C=O) groups excluding carboxylic acids is 1. The molecule has 0 saturated heterocycles. The molecule has 4 heteroatoms. The maximum atomic E-state index is 10.9. The van der Waals surface area contributed by atoms with Crippen LogP contribution in [0.15, 0.2) is 24.3 Å². The van der Waals surface area contributed by atoms with Gasteiger partial charge in [0.25, 0.3) is 0 Å². The molecule has 0 aliphatic carbocycles. The van der Waals surface area contributed by atoms with Crippen LogP contribution in [0.1, 0.15) is 24.5 Å². The van der Waals surface area contributed by atoms with Gasteiger partial charge >= 0.3 is 0 Å². The third-order valence-corrected chi connectivity index (χ3v) is 2.93. The highest BCUT2D eigenvalue weighted by atomic mass is 16.1. The van der Waals surface area contributed by atoms with Gasteiger partial charge in [-0.3, -0.25) is 10.2 Å². The summed E-state index contributed by atoms with van der Waals surface area (Å²) in [6, 6.07) is 7.83. The van der Waals surface area contributed by atoms with Crippen molar-refractivity contribution in [2.24, 2.45) is 5.73 Å². The van der Waals surface area contributed by atoms with Crippen molar-refractivity contribution in [2.75, 3.05) is 0 Å². The fourth-order valence-corrected chi connectivity index (χ4v) is 2.08. The molecule has 1 amide bonds. The van der Waals surface area contributed by atoms with Crippen LogP contribution in [-0.4, -0.2) is 22.7 Å². The van der Waals surface area contributed by atoms with E-state index in [1.54, 1.807) is 0 Å². The van der Waals surface area contributed by atoms with Crippen molar-refractivity contribution in [3.63, 3.8) is 0 Å². The van der Waals surface area contributed by atoms with Crippen molar-refractivity contribution < 1.29 is 4.79 Å². The van der Waals surface area contributed by atoms with Gasteiger partial charge in [-0.25, -0.2) is 0 Å². The number of fused-ring (bicyclic) bond motifs is 1. The van der Waals surface area contributed by atoms with E-state index >= 15 is 0 Å². The van der Waals surface area contributed by atoms with Gasteiger partial charge in [-0.15, -0.1) is 0 Å². The standard InChI is InChI=1S/C12H15N3O/c1-8(6-11(13)16)15-7-9-4-2-3-5-10(9)12(15)14/h2-5,8,14H,6-7H2,1H3,(H2,13,16). The van der Waals surface area contributed by atoms with Crippen LogP contribution in [-0.2, 0) is 11.3 Å². The summed E-state index contributed by atoms with van der Waals surface area (Å²) >= 11 is 0. The highest BCUT2D eigenvalue weighted by molar-refractivity contribution is 6.00. The number of hydrogen-bond donors (Lipinski definition) is 2. The number of nitrogens with zero attached hydrogens (tertiary/aromatic N) is 1. The summed E-state index contributed by atoms with van der Waals surface area (Å²) in [5, 5.41) is 8.04. The average molecular weight is 217 g/mol. The highest BCUT2D eigenvalue weighted by Gasteiger charge is 2.27. The van der Waals surface area contributed by atoms with Crippen molar-refractivity contribution in [2.45, 2.75) is 25.9 Å². The molecule has 0 spiro atoms. The molecular formula is C12H15N3O. The first-order valence-electron chi connectivity index (χ1n) is 5.31. The van der Waals surface area contributed by atoms with Gasteiger partial charge in [-0.1, -0.05) is 24.3 Å². The first-order valence-corrected chi connectivity index (χ1v) is 5.31. The maximum absolute atomic E-state index is 10.9. The Labute approximate surface area is 94.6 Å². The minimum atomic E-state index is -0.323. The Bertz CT molecular complexity index is 442. The molecule has 0 bridgehead atoms. The molecule has 1 atom stereocenters. The lowest BCUT2D eigenvalue weighted by Gasteiger charge is -2.25. The minimum Gasteiger partial charge on any atom is -0.370 e. The molecule has 0 radical (unpaired) electrons. The molecule has 0 aromatic heterocycles. The fourth-order valence-electron chi connectivity index (χ4n) is 2.08. The summed E-state index contributed by atoms with van der Waals surface area (Å²) in [5.74, 6) is 0.167. The third-order valence-electron chi connectivity index (χ3n) is 2.93. The highest BCUT2D eigenvalue weighted by Crippen LogP contribution is 2.24. The van der Waals surface area contributed by atoms with E-state index in [0.29, 0.717) is 12.4 Å². The molecule has 3 N–H and O–H groups in total. The smallest absolute Gasteiger partial charge is 0.219 e. The molecule has 0 fully saturated rings. The Kier molecular flexibility index (Phi) is 2.64. The number of amides is 1. The summed E-state index contributed by atoms with van der Waals surface area (Å²) in [4.78, 5) is 12.8. The number of carbonyl (C=O) groups is 1. The van der Waals surface area contributed by atoms with Crippen molar-refractivity contribution >= 4 is 11.7 Å². The molecule has 1 heterocycles. The van der Waals surface area contributed by atoms with E-state index in [1.165, 1.54) is 0 Å². The van der Waals surface area contributed by atoms with Gasteiger partial charge < -0.3 is 10.6 Å². The van der Waals surface area contributed by atoms with Crippen LogP contribution in [0.2, 0.25) is 0 Å². The molecule has 4 nitrogen and oxygen atoms in total. The lowest BCUT2D eigenvalue weighted by Crippen LogP contribution is -2.36. The van der Waals surface area contributed by atoms with Gasteiger partial charge in [0, 0.05) is 24.6 Å². The SMILES string of the molecule is CC(CC(N)=O)N1Cc2ccccc2C1=N. The number of amidine groups is 1. The molecule has 1 unspecified atom stereocenters. The Hall–Kier alpha value is -1.84. The number of nitrogens with one attached hydrogen (secondary N) is 1. The summed E-state index contributed by atoms with van der Waals surface area (Å²) in [5.41, 5.74) is 7.28. The second-order valence-electron chi connectivity index (χ2n) is 4.15. The number of hydrogen-bond acceptors (Lipinski definition) is 2. The zero-order valence-corrected chi connectivity index (χ0v) is 9.23. The first kappa shape index (κ1) is 10.7. The zero-order chi connectivity index (χ0) is 11.7.